The van der Waals surface area contributed by atoms with Gasteiger partial charge in [0.1, 0.15) is 0 Å². The summed E-state index contributed by atoms with van der Waals surface area (Å²) in [5, 5.41) is 3.48. The molecule has 0 aromatic heterocycles. The zero-order valence-corrected chi connectivity index (χ0v) is 11.3. The predicted molar refractivity (Wildman–Crippen MR) is 80.3 cm³/mol. The predicted octanol–water partition coefficient (Wildman–Crippen LogP) is 3.82. The fraction of sp³-hybridized carbons (Fsp3) is 0.333. The minimum absolute atomic E-state index is 0.535. The van der Waals surface area contributed by atoms with E-state index in [-0.39, 0.29) is 0 Å². The van der Waals surface area contributed by atoms with Crippen LogP contribution in [0.1, 0.15) is 29.9 Å². The van der Waals surface area contributed by atoms with E-state index < -0.39 is 0 Å². The van der Waals surface area contributed by atoms with Crippen LogP contribution >= 0.6 is 0 Å². The van der Waals surface area contributed by atoms with Gasteiger partial charge in [-0.1, -0.05) is 60.7 Å². The second-order valence-electron chi connectivity index (χ2n) is 5.47. The SMILES string of the molecule is c1ccc(C(CC2CCNC2)c2ccccc2)cc1. The van der Waals surface area contributed by atoms with Gasteiger partial charge >= 0.3 is 0 Å². The van der Waals surface area contributed by atoms with E-state index in [1.165, 1.54) is 37.1 Å². The minimum atomic E-state index is 0.535. The van der Waals surface area contributed by atoms with Crippen molar-refractivity contribution >= 4 is 0 Å². The lowest BCUT2D eigenvalue weighted by Gasteiger charge is -2.21. The van der Waals surface area contributed by atoms with Gasteiger partial charge in [0.25, 0.3) is 0 Å². The molecule has 0 saturated carbocycles. The van der Waals surface area contributed by atoms with Gasteiger partial charge in [0.2, 0.25) is 0 Å². The Morgan fingerprint density at radius 2 is 1.47 bits per heavy atom. The maximum atomic E-state index is 3.48. The van der Waals surface area contributed by atoms with Crippen LogP contribution in [-0.4, -0.2) is 13.1 Å². The van der Waals surface area contributed by atoms with E-state index in [0.717, 1.165) is 5.92 Å². The second-order valence-corrected chi connectivity index (χ2v) is 5.47. The fourth-order valence-electron chi connectivity index (χ4n) is 3.08. The molecule has 3 rings (SSSR count). The molecule has 2 aromatic rings. The molecule has 0 radical (unpaired) electrons. The van der Waals surface area contributed by atoms with Gasteiger partial charge in [-0.2, -0.15) is 0 Å². The summed E-state index contributed by atoms with van der Waals surface area (Å²) < 4.78 is 0. The number of nitrogens with one attached hydrogen (secondary N) is 1. The number of rotatable bonds is 4. The zero-order valence-electron chi connectivity index (χ0n) is 11.3. The highest BCUT2D eigenvalue weighted by molar-refractivity contribution is 5.32. The van der Waals surface area contributed by atoms with Crippen molar-refractivity contribution in [2.45, 2.75) is 18.8 Å². The maximum absolute atomic E-state index is 3.48. The number of hydrogen-bond acceptors (Lipinski definition) is 1. The van der Waals surface area contributed by atoms with Gasteiger partial charge in [-0.3, -0.25) is 0 Å². The first-order chi connectivity index (χ1) is 9.43. The van der Waals surface area contributed by atoms with Crippen LogP contribution in [0.2, 0.25) is 0 Å². The molecule has 1 heterocycles. The topological polar surface area (TPSA) is 12.0 Å². The third-order valence-corrected chi connectivity index (χ3v) is 4.14. The summed E-state index contributed by atoms with van der Waals surface area (Å²) in [4.78, 5) is 0. The average Bonchev–Trinajstić information content (AvgIpc) is 3.00. The van der Waals surface area contributed by atoms with E-state index in [1.807, 2.05) is 0 Å². The standard InChI is InChI=1S/C18H21N/c1-3-7-16(8-4-1)18(13-15-11-12-19-14-15)17-9-5-2-6-10-17/h1-10,15,18-19H,11-14H2. The molecule has 1 heteroatoms. The zero-order chi connectivity index (χ0) is 12.9. The molecule has 0 spiro atoms. The van der Waals surface area contributed by atoms with Crippen molar-refractivity contribution in [3.8, 4) is 0 Å². The lowest BCUT2D eigenvalue weighted by molar-refractivity contribution is 0.498. The molecule has 1 unspecified atom stereocenters. The Morgan fingerprint density at radius 3 is 1.95 bits per heavy atom. The Morgan fingerprint density at radius 1 is 0.895 bits per heavy atom. The molecule has 0 bridgehead atoms. The van der Waals surface area contributed by atoms with E-state index in [1.54, 1.807) is 0 Å². The van der Waals surface area contributed by atoms with Gasteiger partial charge < -0.3 is 5.32 Å². The quantitative estimate of drug-likeness (QED) is 0.871. The molecule has 98 valence electrons. The molecule has 1 nitrogen and oxygen atoms in total. The van der Waals surface area contributed by atoms with Gasteiger partial charge in [0.05, 0.1) is 0 Å². The van der Waals surface area contributed by atoms with Crippen LogP contribution in [0.4, 0.5) is 0 Å². The second kappa shape index (κ2) is 6.03. The third kappa shape index (κ3) is 3.05. The molecule has 1 atom stereocenters. The van der Waals surface area contributed by atoms with Crippen LogP contribution in [0.15, 0.2) is 60.7 Å². The van der Waals surface area contributed by atoms with E-state index in [2.05, 4.69) is 66.0 Å². The molecule has 1 aliphatic heterocycles. The van der Waals surface area contributed by atoms with Crippen LogP contribution in [0, 0.1) is 5.92 Å². The first kappa shape index (κ1) is 12.4. The van der Waals surface area contributed by atoms with E-state index in [0.29, 0.717) is 5.92 Å². The van der Waals surface area contributed by atoms with Crippen molar-refractivity contribution in [2.75, 3.05) is 13.1 Å². The van der Waals surface area contributed by atoms with Crippen molar-refractivity contribution in [1.29, 1.82) is 0 Å². The Hall–Kier alpha value is -1.60. The highest BCUT2D eigenvalue weighted by Crippen LogP contribution is 2.32. The van der Waals surface area contributed by atoms with Crippen molar-refractivity contribution in [1.82, 2.24) is 5.32 Å². The Labute approximate surface area is 115 Å². The van der Waals surface area contributed by atoms with Crippen LogP contribution in [0.5, 0.6) is 0 Å². The monoisotopic (exact) mass is 251 g/mol. The smallest absolute Gasteiger partial charge is 0.00924 e. The number of benzene rings is 2. The molecule has 0 aliphatic carbocycles. The minimum Gasteiger partial charge on any atom is -0.316 e. The highest BCUT2D eigenvalue weighted by Gasteiger charge is 2.22. The lowest BCUT2D eigenvalue weighted by Crippen LogP contribution is -2.13. The average molecular weight is 251 g/mol. The summed E-state index contributed by atoms with van der Waals surface area (Å²) in [5.41, 5.74) is 2.89. The Bertz CT molecular complexity index is 446. The van der Waals surface area contributed by atoms with Crippen molar-refractivity contribution < 1.29 is 0 Å². The summed E-state index contributed by atoms with van der Waals surface area (Å²) in [5.74, 6) is 1.35. The van der Waals surface area contributed by atoms with Crippen LogP contribution in [0.25, 0.3) is 0 Å². The molecule has 1 saturated heterocycles. The summed E-state index contributed by atoms with van der Waals surface area (Å²) in [7, 11) is 0. The molecule has 0 amide bonds. The summed E-state index contributed by atoms with van der Waals surface area (Å²) in [6.07, 6.45) is 2.57. The molecule has 2 aromatic carbocycles. The molecular weight excluding hydrogens is 230 g/mol. The third-order valence-electron chi connectivity index (χ3n) is 4.14. The van der Waals surface area contributed by atoms with Crippen molar-refractivity contribution in [3.63, 3.8) is 0 Å². The molecule has 1 aliphatic rings. The summed E-state index contributed by atoms with van der Waals surface area (Å²) in [6, 6.07) is 21.9. The van der Waals surface area contributed by atoms with Crippen LogP contribution in [0.3, 0.4) is 0 Å². The summed E-state index contributed by atoms with van der Waals surface area (Å²) >= 11 is 0. The van der Waals surface area contributed by atoms with E-state index >= 15 is 0 Å². The van der Waals surface area contributed by atoms with Crippen LogP contribution in [-0.2, 0) is 0 Å². The fourth-order valence-corrected chi connectivity index (χ4v) is 3.08. The Kier molecular flexibility index (Phi) is 3.95. The van der Waals surface area contributed by atoms with Crippen LogP contribution < -0.4 is 5.32 Å². The first-order valence-electron chi connectivity index (χ1n) is 7.24. The largest absolute Gasteiger partial charge is 0.316 e. The Balaban J connectivity index is 1.87. The molecule has 1 N–H and O–H groups in total. The maximum Gasteiger partial charge on any atom is 0.00924 e. The molecular formula is C18H21N. The van der Waals surface area contributed by atoms with Gasteiger partial charge in [-0.05, 0) is 43.0 Å². The highest BCUT2D eigenvalue weighted by atomic mass is 14.9. The summed E-state index contributed by atoms with van der Waals surface area (Å²) in [6.45, 7) is 2.36. The van der Waals surface area contributed by atoms with Gasteiger partial charge in [0.15, 0.2) is 0 Å². The van der Waals surface area contributed by atoms with Crippen molar-refractivity contribution in [3.05, 3.63) is 71.8 Å². The van der Waals surface area contributed by atoms with Gasteiger partial charge in [-0.25, -0.2) is 0 Å². The number of hydrogen-bond donors (Lipinski definition) is 1. The first-order valence-corrected chi connectivity index (χ1v) is 7.24. The molecule has 1 fully saturated rings. The van der Waals surface area contributed by atoms with E-state index in [9.17, 15) is 0 Å². The van der Waals surface area contributed by atoms with Gasteiger partial charge in [-0.15, -0.1) is 0 Å². The molecule has 19 heavy (non-hydrogen) atoms. The van der Waals surface area contributed by atoms with E-state index in [4.69, 9.17) is 0 Å². The van der Waals surface area contributed by atoms with Gasteiger partial charge in [0, 0.05) is 5.92 Å². The normalized spacial score (nSPS) is 18.9. The van der Waals surface area contributed by atoms with Crippen molar-refractivity contribution in [2.24, 2.45) is 5.92 Å². The lowest BCUT2D eigenvalue weighted by atomic mass is 9.83.